The van der Waals surface area contributed by atoms with Gasteiger partial charge in [-0.25, -0.2) is 9.97 Å². The van der Waals surface area contributed by atoms with Gasteiger partial charge in [0.05, 0.1) is 27.8 Å². The molecule has 0 fully saturated rings. The summed E-state index contributed by atoms with van der Waals surface area (Å²) in [5.41, 5.74) is 1.42. The summed E-state index contributed by atoms with van der Waals surface area (Å²) in [6.07, 6.45) is 1.53. The molecule has 2 heterocycles. The molecule has 0 aromatic carbocycles. The summed E-state index contributed by atoms with van der Waals surface area (Å²) >= 11 is 7.79. The van der Waals surface area contributed by atoms with Crippen LogP contribution < -0.4 is 5.56 Å². The summed E-state index contributed by atoms with van der Waals surface area (Å²) in [7, 11) is 0. The monoisotopic (exact) mass is 361 g/mol. The highest BCUT2D eigenvalue weighted by atomic mass is 127. The third kappa shape index (κ3) is 2.84. The molecule has 0 amide bonds. The minimum absolute atomic E-state index is 0.0557. The van der Waals surface area contributed by atoms with Crippen molar-refractivity contribution in [3.05, 3.63) is 55.0 Å². The van der Waals surface area contributed by atoms with Crippen molar-refractivity contribution in [2.45, 2.75) is 13.5 Å². The molecule has 0 saturated carbocycles. The Morgan fingerprint density at radius 2 is 2.24 bits per heavy atom. The number of hydrogen-bond donors (Lipinski definition) is 0. The van der Waals surface area contributed by atoms with Gasteiger partial charge >= 0.3 is 0 Å². The number of rotatable bonds is 2. The maximum Gasteiger partial charge on any atom is 0.267 e. The molecule has 0 N–H and O–H groups in total. The summed E-state index contributed by atoms with van der Waals surface area (Å²) < 4.78 is 2.15. The van der Waals surface area contributed by atoms with Gasteiger partial charge in [0.15, 0.2) is 0 Å². The normalized spacial score (nSPS) is 10.5. The molecule has 2 aromatic rings. The van der Waals surface area contributed by atoms with E-state index in [9.17, 15) is 4.79 Å². The van der Waals surface area contributed by atoms with Gasteiger partial charge in [-0.2, -0.15) is 0 Å². The van der Waals surface area contributed by atoms with Crippen molar-refractivity contribution in [2.24, 2.45) is 0 Å². The van der Waals surface area contributed by atoms with Crippen molar-refractivity contribution in [1.82, 2.24) is 14.5 Å². The Morgan fingerprint density at radius 3 is 2.94 bits per heavy atom. The van der Waals surface area contributed by atoms with Crippen LogP contribution in [-0.4, -0.2) is 14.5 Å². The Bertz CT molecular complexity index is 612. The molecule has 0 atom stereocenters. The molecular weight excluding hydrogens is 352 g/mol. The van der Waals surface area contributed by atoms with E-state index in [1.807, 2.05) is 41.6 Å². The zero-order valence-electron chi connectivity index (χ0n) is 9.02. The predicted octanol–water partition coefficient (Wildman–Crippen LogP) is 2.25. The fourth-order valence-corrected chi connectivity index (χ4v) is 2.00. The first-order valence-electron chi connectivity index (χ1n) is 4.91. The van der Waals surface area contributed by atoms with Gasteiger partial charge in [0.1, 0.15) is 5.15 Å². The van der Waals surface area contributed by atoms with Crippen LogP contribution >= 0.6 is 34.2 Å². The molecule has 2 rings (SSSR count). The largest absolute Gasteiger partial charge is 0.292 e. The minimum Gasteiger partial charge on any atom is -0.292 e. The molecule has 4 nitrogen and oxygen atoms in total. The molecule has 0 aliphatic heterocycles. The van der Waals surface area contributed by atoms with Crippen LogP contribution in [0.3, 0.4) is 0 Å². The second kappa shape index (κ2) is 5.14. The second-order valence-corrected chi connectivity index (χ2v) is 4.99. The zero-order chi connectivity index (χ0) is 12.4. The summed E-state index contributed by atoms with van der Waals surface area (Å²) in [6.45, 7) is 2.19. The van der Waals surface area contributed by atoms with Gasteiger partial charge in [0, 0.05) is 0 Å². The number of aromatic nitrogens is 3. The maximum absolute atomic E-state index is 11.9. The maximum atomic E-state index is 11.9. The van der Waals surface area contributed by atoms with Crippen molar-refractivity contribution in [2.75, 3.05) is 0 Å². The Kier molecular flexibility index (Phi) is 3.78. The molecule has 6 heteroatoms. The first-order valence-corrected chi connectivity index (χ1v) is 6.36. The van der Waals surface area contributed by atoms with E-state index in [0.29, 0.717) is 15.3 Å². The van der Waals surface area contributed by atoms with Gasteiger partial charge in [-0.05, 0) is 41.6 Å². The van der Waals surface area contributed by atoms with Crippen LogP contribution in [0.2, 0.25) is 5.15 Å². The first kappa shape index (κ1) is 12.5. The van der Waals surface area contributed by atoms with Crippen molar-refractivity contribution >= 4 is 34.2 Å². The van der Waals surface area contributed by atoms with Gasteiger partial charge < -0.3 is 0 Å². The molecule has 0 unspecified atom stereocenters. The third-order valence-electron chi connectivity index (χ3n) is 2.26. The van der Waals surface area contributed by atoms with E-state index in [-0.39, 0.29) is 5.56 Å². The lowest BCUT2D eigenvalue weighted by atomic mass is 10.3. The zero-order valence-corrected chi connectivity index (χ0v) is 11.9. The highest BCUT2D eigenvalue weighted by Gasteiger charge is 2.06. The van der Waals surface area contributed by atoms with E-state index in [1.54, 1.807) is 6.07 Å². The number of halogens is 2. The molecule has 0 saturated heterocycles. The van der Waals surface area contributed by atoms with E-state index in [4.69, 9.17) is 11.6 Å². The lowest BCUT2D eigenvalue weighted by molar-refractivity contribution is 0.708. The quantitative estimate of drug-likeness (QED) is 0.609. The predicted molar refractivity (Wildman–Crippen MR) is 74.3 cm³/mol. The fourth-order valence-electron chi connectivity index (χ4n) is 1.37. The summed E-state index contributed by atoms with van der Waals surface area (Å²) in [4.78, 5) is 20.2. The Morgan fingerprint density at radius 1 is 1.47 bits per heavy atom. The molecule has 0 aliphatic rings. The van der Waals surface area contributed by atoms with E-state index in [2.05, 4.69) is 9.97 Å². The number of hydrogen-bond acceptors (Lipinski definition) is 3. The molecule has 88 valence electrons. The summed E-state index contributed by atoms with van der Waals surface area (Å²) in [5.74, 6) is 0. The standard InChI is InChI=1S/C11H9ClIN3O/c1-7-10(13)11(17)16(6-14-7)5-8-3-2-4-9(12)15-8/h2-4,6H,5H2,1H3. The van der Waals surface area contributed by atoms with Gasteiger partial charge in [-0.3, -0.25) is 9.36 Å². The third-order valence-corrected chi connectivity index (χ3v) is 3.71. The summed E-state index contributed by atoms with van der Waals surface area (Å²) in [5, 5.41) is 0.422. The molecule has 2 aromatic heterocycles. The lowest BCUT2D eigenvalue weighted by Crippen LogP contribution is -2.24. The first-order chi connectivity index (χ1) is 8.08. The Balaban J connectivity index is 2.37. The SMILES string of the molecule is Cc1ncn(Cc2cccc(Cl)n2)c(=O)c1I. The smallest absolute Gasteiger partial charge is 0.267 e. The summed E-state index contributed by atoms with van der Waals surface area (Å²) in [6, 6.07) is 5.33. The van der Waals surface area contributed by atoms with E-state index >= 15 is 0 Å². The van der Waals surface area contributed by atoms with Crippen LogP contribution in [0.1, 0.15) is 11.4 Å². The molecule has 0 bridgehead atoms. The van der Waals surface area contributed by atoms with Crippen molar-refractivity contribution in [3.63, 3.8) is 0 Å². The average molecular weight is 362 g/mol. The van der Waals surface area contributed by atoms with Crippen molar-refractivity contribution in [3.8, 4) is 0 Å². The second-order valence-electron chi connectivity index (χ2n) is 3.53. The van der Waals surface area contributed by atoms with Crippen LogP contribution in [-0.2, 0) is 6.54 Å². The van der Waals surface area contributed by atoms with Crippen LogP contribution in [0.15, 0.2) is 29.3 Å². The topological polar surface area (TPSA) is 47.8 Å². The van der Waals surface area contributed by atoms with Crippen LogP contribution in [0.5, 0.6) is 0 Å². The van der Waals surface area contributed by atoms with Crippen molar-refractivity contribution in [1.29, 1.82) is 0 Å². The number of pyridine rings is 1. The molecule has 0 radical (unpaired) electrons. The number of aryl methyl sites for hydroxylation is 1. The molecule has 0 spiro atoms. The van der Waals surface area contributed by atoms with E-state index in [1.165, 1.54) is 10.9 Å². The van der Waals surface area contributed by atoms with Gasteiger partial charge in [-0.15, -0.1) is 0 Å². The lowest BCUT2D eigenvalue weighted by Gasteiger charge is -2.06. The van der Waals surface area contributed by atoms with Crippen LogP contribution in [0.4, 0.5) is 0 Å². The van der Waals surface area contributed by atoms with Crippen molar-refractivity contribution < 1.29 is 0 Å². The molecular formula is C11H9ClIN3O. The van der Waals surface area contributed by atoms with Crippen LogP contribution in [0, 0.1) is 10.5 Å². The Labute approximate surface area is 117 Å². The van der Waals surface area contributed by atoms with Gasteiger partial charge in [0.25, 0.3) is 5.56 Å². The number of nitrogens with zero attached hydrogens (tertiary/aromatic N) is 3. The average Bonchev–Trinajstić information content (AvgIpc) is 2.30. The molecule has 17 heavy (non-hydrogen) atoms. The van der Waals surface area contributed by atoms with Gasteiger partial charge in [-0.1, -0.05) is 17.7 Å². The Hall–Kier alpha value is -0.950. The van der Waals surface area contributed by atoms with E-state index in [0.717, 1.165) is 11.4 Å². The highest BCUT2D eigenvalue weighted by Crippen LogP contribution is 2.07. The van der Waals surface area contributed by atoms with E-state index < -0.39 is 0 Å². The minimum atomic E-state index is -0.0557. The van der Waals surface area contributed by atoms with Crippen LogP contribution in [0.25, 0.3) is 0 Å². The fraction of sp³-hybridized carbons (Fsp3) is 0.182. The molecule has 0 aliphatic carbocycles. The van der Waals surface area contributed by atoms with Gasteiger partial charge in [0.2, 0.25) is 0 Å². The highest BCUT2D eigenvalue weighted by molar-refractivity contribution is 14.1.